The molecule has 5 rings (SSSR count). The van der Waals surface area contributed by atoms with Crippen LogP contribution in [0.4, 0.5) is 11.4 Å². The number of aliphatic hydroxyl groups excluding tert-OH is 1. The summed E-state index contributed by atoms with van der Waals surface area (Å²) in [6.07, 6.45) is -0.419. The van der Waals surface area contributed by atoms with Crippen LogP contribution in [0.25, 0.3) is 0 Å². The highest BCUT2D eigenvalue weighted by Crippen LogP contribution is 2.46. The maximum atomic E-state index is 10.7. The van der Waals surface area contributed by atoms with Gasteiger partial charge in [-0.25, -0.2) is 0 Å². The number of likely N-dealkylation sites (tertiary alicyclic amines) is 1. The highest BCUT2D eigenvalue weighted by molar-refractivity contribution is 5.77. The number of anilines is 2. The lowest BCUT2D eigenvalue weighted by molar-refractivity contribution is -0.192. The number of aliphatic hydroxyl groups is 1. The molecule has 130 valence electrons. The number of ether oxygens (including phenoxy) is 2. The van der Waals surface area contributed by atoms with E-state index in [1.807, 2.05) is 48.5 Å². The average Bonchev–Trinajstić information content (AvgIpc) is 2.56. The second kappa shape index (κ2) is 5.73. The van der Waals surface area contributed by atoms with Crippen LogP contribution in [0.5, 0.6) is 11.5 Å². The molecule has 25 heavy (non-hydrogen) atoms. The van der Waals surface area contributed by atoms with Gasteiger partial charge in [0.2, 0.25) is 0 Å². The summed E-state index contributed by atoms with van der Waals surface area (Å²) >= 11 is 0. The van der Waals surface area contributed by atoms with E-state index >= 15 is 0 Å². The molecule has 0 aromatic heterocycles. The Morgan fingerprint density at radius 1 is 0.920 bits per heavy atom. The largest absolute Gasteiger partial charge is 0.453 e. The standard InChI is InChI=1S/C20H22N2O3/c23-15(9-21-11-20(12-21)13-24-14-20)10-22-16-5-1-3-7-18(16)25-19-8-4-2-6-17(19)22/h1-8,15,23H,9-14H2. The lowest BCUT2D eigenvalue weighted by Gasteiger charge is -2.55. The van der Waals surface area contributed by atoms with E-state index in [0.29, 0.717) is 18.5 Å². The average molecular weight is 338 g/mol. The predicted octanol–water partition coefficient (Wildman–Crippen LogP) is 2.62. The van der Waals surface area contributed by atoms with Crippen molar-refractivity contribution in [3.63, 3.8) is 0 Å². The molecule has 1 N–H and O–H groups in total. The first-order chi connectivity index (χ1) is 12.2. The number of nitrogens with zero attached hydrogens (tertiary/aromatic N) is 2. The van der Waals surface area contributed by atoms with Crippen LogP contribution in [-0.4, -0.2) is 55.5 Å². The Kier molecular flexibility index (Phi) is 3.48. The zero-order valence-corrected chi connectivity index (χ0v) is 14.1. The van der Waals surface area contributed by atoms with Crippen LogP contribution >= 0.6 is 0 Å². The van der Waals surface area contributed by atoms with Crippen molar-refractivity contribution >= 4 is 11.4 Å². The first-order valence-electron chi connectivity index (χ1n) is 8.84. The number of fused-ring (bicyclic) bond motifs is 2. The third kappa shape index (κ3) is 2.59. The van der Waals surface area contributed by atoms with E-state index in [1.165, 1.54) is 0 Å². The van der Waals surface area contributed by atoms with Crippen molar-refractivity contribution in [2.45, 2.75) is 6.10 Å². The molecule has 0 bridgehead atoms. The molecule has 2 aromatic carbocycles. The van der Waals surface area contributed by atoms with Crippen LogP contribution in [-0.2, 0) is 4.74 Å². The van der Waals surface area contributed by atoms with Gasteiger partial charge in [0.25, 0.3) is 0 Å². The highest BCUT2D eigenvalue weighted by atomic mass is 16.5. The summed E-state index contributed by atoms with van der Waals surface area (Å²) in [6.45, 7) is 5.09. The number of hydrogen-bond donors (Lipinski definition) is 1. The van der Waals surface area contributed by atoms with E-state index in [4.69, 9.17) is 9.47 Å². The van der Waals surface area contributed by atoms with Gasteiger partial charge in [0.1, 0.15) is 0 Å². The van der Waals surface area contributed by atoms with E-state index in [0.717, 1.165) is 49.2 Å². The van der Waals surface area contributed by atoms with E-state index in [9.17, 15) is 5.11 Å². The monoisotopic (exact) mass is 338 g/mol. The Morgan fingerprint density at radius 2 is 1.52 bits per heavy atom. The smallest absolute Gasteiger partial charge is 0.151 e. The van der Waals surface area contributed by atoms with Gasteiger partial charge in [-0.3, -0.25) is 4.90 Å². The fourth-order valence-electron chi connectivity index (χ4n) is 4.15. The normalized spacial score (nSPS) is 21.6. The summed E-state index contributed by atoms with van der Waals surface area (Å²) < 4.78 is 11.3. The van der Waals surface area contributed by atoms with Crippen LogP contribution in [0.1, 0.15) is 0 Å². The van der Waals surface area contributed by atoms with Crippen molar-refractivity contribution in [2.24, 2.45) is 5.41 Å². The zero-order valence-electron chi connectivity index (χ0n) is 14.1. The van der Waals surface area contributed by atoms with Crippen LogP contribution < -0.4 is 9.64 Å². The van der Waals surface area contributed by atoms with E-state index in [1.54, 1.807) is 0 Å². The second-order valence-electron chi connectivity index (χ2n) is 7.46. The highest BCUT2D eigenvalue weighted by Gasteiger charge is 2.49. The molecule has 0 radical (unpaired) electrons. The Bertz CT molecular complexity index is 737. The van der Waals surface area contributed by atoms with Crippen molar-refractivity contribution in [1.82, 2.24) is 4.90 Å². The first-order valence-corrected chi connectivity index (χ1v) is 8.84. The van der Waals surface area contributed by atoms with Crippen molar-refractivity contribution in [3.8, 4) is 11.5 Å². The minimum absolute atomic E-state index is 0.387. The molecule has 5 heteroatoms. The topological polar surface area (TPSA) is 45.2 Å². The Morgan fingerprint density at radius 3 is 2.08 bits per heavy atom. The predicted molar refractivity (Wildman–Crippen MR) is 95.7 cm³/mol. The van der Waals surface area contributed by atoms with E-state index in [-0.39, 0.29) is 0 Å². The number of hydrogen-bond acceptors (Lipinski definition) is 5. The fraction of sp³-hybridized carbons (Fsp3) is 0.400. The van der Waals surface area contributed by atoms with E-state index < -0.39 is 6.10 Å². The van der Waals surface area contributed by atoms with Crippen LogP contribution in [0.3, 0.4) is 0 Å². The van der Waals surface area contributed by atoms with Gasteiger partial charge in [0.05, 0.1) is 37.2 Å². The van der Waals surface area contributed by atoms with Gasteiger partial charge in [-0.15, -0.1) is 0 Å². The van der Waals surface area contributed by atoms with Gasteiger partial charge in [0.15, 0.2) is 11.5 Å². The molecule has 1 spiro atoms. The molecule has 0 saturated carbocycles. The molecule has 5 nitrogen and oxygen atoms in total. The Labute approximate surface area is 147 Å². The molecular weight excluding hydrogens is 316 g/mol. The number of rotatable bonds is 4. The van der Waals surface area contributed by atoms with Crippen molar-refractivity contribution in [2.75, 3.05) is 44.3 Å². The van der Waals surface area contributed by atoms with E-state index in [2.05, 4.69) is 9.80 Å². The molecular formula is C20H22N2O3. The third-order valence-corrected chi connectivity index (χ3v) is 5.33. The summed E-state index contributed by atoms with van der Waals surface area (Å²) in [5.74, 6) is 1.67. The summed E-state index contributed by atoms with van der Waals surface area (Å²) in [6, 6.07) is 16.0. The van der Waals surface area contributed by atoms with Crippen LogP contribution in [0, 0.1) is 5.41 Å². The molecule has 3 aliphatic rings. The summed E-state index contributed by atoms with van der Waals surface area (Å²) in [5.41, 5.74) is 2.40. The molecule has 3 heterocycles. The molecule has 2 aromatic rings. The fourth-order valence-corrected chi connectivity index (χ4v) is 4.15. The molecule has 1 unspecified atom stereocenters. The molecule has 1 atom stereocenters. The molecule has 2 saturated heterocycles. The van der Waals surface area contributed by atoms with Gasteiger partial charge < -0.3 is 19.5 Å². The molecule has 3 aliphatic heterocycles. The number of benzene rings is 2. The molecule has 0 amide bonds. The molecule has 0 aliphatic carbocycles. The minimum Gasteiger partial charge on any atom is -0.453 e. The SMILES string of the molecule is OC(CN1CC2(COC2)C1)CN1c2ccccc2Oc2ccccc21. The van der Waals surface area contributed by atoms with Gasteiger partial charge in [0, 0.05) is 25.0 Å². The Hall–Kier alpha value is -2.08. The van der Waals surface area contributed by atoms with Crippen molar-refractivity contribution in [1.29, 1.82) is 0 Å². The lowest BCUT2D eigenvalue weighted by Crippen LogP contribution is -2.67. The van der Waals surface area contributed by atoms with Crippen LogP contribution in [0.15, 0.2) is 48.5 Å². The lowest BCUT2D eigenvalue weighted by atomic mass is 9.78. The van der Waals surface area contributed by atoms with Crippen LogP contribution in [0.2, 0.25) is 0 Å². The van der Waals surface area contributed by atoms with Crippen molar-refractivity contribution in [3.05, 3.63) is 48.5 Å². The van der Waals surface area contributed by atoms with Gasteiger partial charge in [-0.05, 0) is 24.3 Å². The molecule has 2 fully saturated rings. The number of para-hydroxylation sites is 4. The maximum absolute atomic E-state index is 10.7. The summed E-state index contributed by atoms with van der Waals surface area (Å²) in [4.78, 5) is 4.49. The summed E-state index contributed by atoms with van der Waals surface area (Å²) in [7, 11) is 0. The third-order valence-electron chi connectivity index (χ3n) is 5.33. The quantitative estimate of drug-likeness (QED) is 0.928. The Balaban J connectivity index is 1.33. The summed E-state index contributed by atoms with van der Waals surface area (Å²) in [5, 5.41) is 10.7. The van der Waals surface area contributed by atoms with Crippen molar-refractivity contribution < 1.29 is 14.6 Å². The van der Waals surface area contributed by atoms with Gasteiger partial charge in [-0.2, -0.15) is 0 Å². The van der Waals surface area contributed by atoms with Gasteiger partial charge >= 0.3 is 0 Å². The minimum atomic E-state index is -0.419. The first kappa shape index (κ1) is 15.2. The zero-order chi connectivity index (χ0) is 16.9. The van der Waals surface area contributed by atoms with Gasteiger partial charge in [-0.1, -0.05) is 24.3 Å². The maximum Gasteiger partial charge on any atom is 0.151 e. The number of β-amino-alcohol motifs (C(OH)–C–C–N with tert-alkyl or cyclic N) is 1. The second-order valence-corrected chi connectivity index (χ2v) is 7.46.